The average Bonchev–Trinajstić information content (AvgIpc) is 2.55. The Kier molecular flexibility index (Phi) is 6.07. The van der Waals surface area contributed by atoms with E-state index in [-0.39, 0.29) is 35.3 Å². The molecule has 0 aliphatic heterocycles. The largest absolute Gasteiger partial charge is 0.462 e. The number of para-hydroxylation sites is 2. The molecule has 142 valence electrons. The van der Waals surface area contributed by atoms with Crippen molar-refractivity contribution in [2.75, 3.05) is 16.8 Å². The van der Waals surface area contributed by atoms with Crippen molar-refractivity contribution in [3.63, 3.8) is 0 Å². The van der Waals surface area contributed by atoms with E-state index in [2.05, 4.69) is 15.3 Å². The third-order valence-corrected chi connectivity index (χ3v) is 3.56. The van der Waals surface area contributed by atoms with Gasteiger partial charge >= 0.3 is 11.7 Å². The lowest BCUT2D eigenvalue weighted by atomic mass is 10.1. The smallest absolute Gasteiger partial charge is 0.347 e. The van der Waals surface area contributed by atoms with Crippen LogP contribution in [0.2, 0.25) is 0 Å². The minimum atomic E-state index is -0.725. The van der Waals surface area contributed by atoms with Gasteiger partial charge in [-0.1, -0.05) is 12.1 Å². The maximum atomic E-state index is 12.4. The van der Waals surface area contributed by atoms with Crippen LogP contribution in [-0.4, -0.2) is 34.4 Å². The second kappa shape index (κ2) is 8.26. The molecule has 2 aromatic rings. The van der Waals surface area contributed by atoms with Crippen molar-refractivity contribution in [1.29, 1.82) is 0 Å². The van der Waals surface area contributed by atoms with Gasteiger partial charge in [-0.05, 0) is 26.0 Å². The Bertz CT molecular complexity index is 951. The topological polar surface area (TPSA) is 121 Å². The molecule has 9 nitrogen and oxygen atoms in total. The molecule has 27 heavy (non-hydrogen) atoms. The fourth-order valence-electron chi connectivity index (χ4n) is 2.58. The predicted molar refractivity (Wildman–Crippen MR) is 99.1 cm³/mol. The Morgan fingerprint density at radius 1 is 1.22 bits per heavy atom. The first-order chi connectivity index (χ1) is 12.8. The van der Waals surface area contributed by atoms with Gasteiger partial charge in [-0.25, -0.2) is 9.59 Å². The Labute approximate surface area is 155 Å². The number of aromatic amines is 1. The van der Waals surface area contributed by atoms with Gasteiger partial charge in [-0.2, -0.15) is 4.98 Å². The van der Waals surface area contributed by atoms with Gasteiger partial charge in [0.05, 0.1) is 18.0 Å². The molecule has 0 saturated carbocycles. The van der Waals surface area contributed by atoms with Crippen molar-refractivity contribution in [2.45, 2.75) is 27.7 Å². The zero-order valence-corrected chi connectivity index (χ0v) is 15.5. The lowest BCUT2D eigenvalue weighted by Crippen LogP contribution is -2.31. The molecule has 0 aliphatic carbocycles. The maximum Gasteiger partial charge on any atom is 0.347 e. The zero-order valence-electron chi connectivity index (χ0n) is 15.5. The monoisotopic (exact) mass is 372 g/mol. The Balaban J connectivity index is 2.76. The number of H-pyrrole nitrogens is 1. The number of ether oxygens (including phenoxy) is 1. The molecule has 1 heterocycles. The summed E-state index contributed by atoms with van der Waals surface area (Å²) in [5.41, 5.74) is 0.0489. The van der Waals surface area contributed by atoms with E-state index in [0.717, 1.165) is 4.90 Å². The number of aryl methyl sites for hydroxylation is 1. The standard InChI is InChI=1S/C18H20N4O5/c1-5-27-17(25)15-10(2)19-18(26)21-16(15)22(12(4)24)14-9-7-6-8-13(14)20-11(3)23/h6-9H,5H2,1-4H3,(H,20,23)(H,19,21,26). The van der Waals surface area contributed by atoms with Crippen LogP contribution in [0.25, 0.3) is 0 Å². The summed E-state index contributed by atoms with van der Waals surface area (Å²) in [4.78, 5) is 55.7. The van der Waals surface area contributed by atoms with E-state index in [0.29, 0.717) is 5.69 Å². The van der Waals surface area contributed by atoms with Crippen LogP contribution in [0.1, 0.15) is 36.8 Å². The van der Waals surface area contributed by atoms with Crippen LogP contribution in [0.3, 0.4) is 0 Å². The van der Waals surface area contributed by atoms with Crippen molar-refractivity contribution in [3.05, 3.63) is 46.0 Å². The van der Waals surface area contributed by atoms with Crippen molar-refractivity contribution in [1.82, 2.24) is 9.97 Å². The fraction of sp³-hybridized carbons (Fsp3) is 0.278. The van der Waals surface area contributed by atoms with E-state index < -0.39 is 17.6 Å². The number of nitrogens with zero attached hydrogens (tertiary/aromatic N) is 2. The number of carbonyl (C=O) groups is 3. The van der Waals surface area contributed by atoms with E-state index in [1.54, 1.807) is 31.2 Å². The van der Waals surface area contributed by atoms with Gasteiger partial charge in [0.2, 0.25) is 11.8 Å². The number of carbonyl (C=O) groups excluding carboxylic acids is 3. The molecule has 0 saturated heterocycles. The lowest BCUT2D eigenvalue weighted by molar-refractivity contribution is -0.116. The fourth-order valence-corrected chi connectivity index (χ4v) is 2.58. The average molecular weight is 372 g/mol. The molecule has 2 rings (SSSR count). The molecule has 0 radical (unpaired) electrons. The van der Waals surface area contributed by atoms with Gasteiger partial charge in [0.1, 0.15) is 5.56 Å². The van der Waals surface area contributed by atoms with Crippen LogP contribution in [0.4, 0.5) is 17.2 Å². The minimum Gasteiger partial charge on any atom is -0.462 e. The maximum absolute atomic E-state index is 12.4. The summed E-state index contributed by atoms with van der Waals surface area (Å²) in [6.07, 6.45) is 0. The van der Waals surface area contributed by atoms with Crippen LogP contribution in [-0.2, 0) is 14.3 Å². The minimum absolute atomic E-state index is 0.0377. The number of rotatable bonds is 5. The third kappa shape index (κ3) is 4.38. The molecule has 0 unspecified atom stereocenters. The Hall–Kier alpha value is -3.49. The van der Waals surface area contributed by atoms with Gasteiger partial charge in [0.15, 0.2) is 5.82 Å². The highest BCUT2D eigenvalue weighted by atomic mass is 16.5. The second-order valence-corrected chi connectivity index (χ2v) is 5.64. The number of esters is 1. The first kappa shape index (κ1) is 19.8. The van der Waals surface area contributed by atoms with E-state index in [1.165, 1.54) is 20.8 Å². The number of anilines is 3. The van der Waals surface area contributed by atoms with Gasteiger partial charge in [0.25, 0.3) is 0 Å². The molecule has 0 bridgehead atoms. The van der Waals surface area contributed by atoms with E-state index in [1.807, 2.05) is 0 Å². The summed E-state index contributed by atoms with van der Waals surface area (Å²) < 4.78 is 5.04. The van der Waals surface area contributed by atoms with Crippen LogP contribution in [0.5, 0.6) is 0 Å². The molecule has 9 heteroatoms. The van der Waals surface area contributed by atoms with Crippen LogP contribution in [0, 0.1) is 6.92 Å². The molecule has 0 aliphatic rings. The molecular weight excluding hydrogens is 352 g/mol. The quantitative estimate of drug-likeness (QED) is 0.773. The SMILES string of the molecule is CCOC(=O)c1c(N(C(C)=O)c2ccccc2NC(C)=O)nc(=O)[nH]c1C. The van der Waals surface area contributed by atoms with Gasteiger partial charge < -0.3 is 15.0 Å². The lowest BCUT2D eigenvalue weighted by Gasteiger charge is -2.25. The number of nitrogens with one attached hydrogen (secondary N) is 2. The van der Waals surface area contributed by atoms with Gasteiger partial charge in [0, 0.05) is 19.5 Å². The van der Waals surface area contributed by atoms with E-state index >= 15 is 0 Å². The Morgan fingerprint density at radius 3 is 2.48 bits per heavy atom. The number of amides is 2. The van der Waals surface area contributed by atoms with Crippen LogP contribution in [0.15, 0.2) is 29.1 Å². The Morgan fingerprint density at radius 2 is 1.89 bits per heavy atom. The predicted octanol–water partition coefficient (Wildman–Crippen LogP) is 1.90. The molecule has 1 aromatic heterocycles. The zero-order chi connectivity index (χ0) is 20.1. The molecule has 0 fully saturated rings. The summed E-state index contributed by atoms with van der Waals surface area (Å²) in [5, 5.41) is 2.62. The second-order valence-electron chi connectivity index (χ2n) is 5.64. The number of benzene rings is 1. The van der Waals surface area contributed by atoms with Crippen LogP contribution >= 0.6 is 0 Å². The van der Waals surface area contributed by atoms with E-state index in [9.17, 15) is 19.2 Å². The summed E-state index contributed by atoms with van der Waals surface area (Å²) in [6, 6.07) is 6.49. The van der Waals surface area contributed by atoms with Crippen molar-refractivity contribution in [2.24, 2.45) is 0 Å². The summed E-state index contributed by atoms with van der Waals surface area (Å²) in [7, 11) is 0. The summed E-state index contributed by atoms with van der Waals surface area (Å²) in [5.74, 6) is -1.74. The molecule has 2 N–H and O–H groups in total. The number of hydrogen-bond acceptors (Lipinski definition) is 6. The van der Waals surface area contributed by atoms with Gasteiger partial charge in [-0.3, -0.25) is 14.5 Å². The van der Waals surface area contributed by atoms with Crippen LogP contribution < -0.4 is 15.9 Å². The molecule has 1 aromatic carbocycles. The number of hydrogen-bond donors (Lipinski definition) is 2. The highest BCUT2D eigenvalue weighted by Gasteiger charge is 2.28. The highest BCUT2D eigenvalue weighted by Crippen LogP contribution is 2.33. The molecular formula is C18H20N4O5. The van der Waals surface area contributed by atoms with Crippen molar-refractivity contribution < 1.29 is 19.1 Å². The first-order valence-electron chi connectivity index (χ1n) is 8.21. The third-order valence-electron chi connectivity index (χ3n) is 3.56. The van der Waals surface area contributed by atoms with E-state index in [4.69, 9.17) is 4.74 Å². The summed E-state index contributed by atoms with van der Waals surface area (Å²) in [6.45, 7) is 5.85. The molecule has 2 amide bonds. The van der Waals surface area contributed by atoms with Gasteiger partial charge in [-0.15, -0.1) is 0 Å². The summed E-state index contributed by atoms with van der Waals surface area (Å²) >= 11 is 0. The first-order valence-corrected chi connectivity index (χ1v) is 8.21. The normalized spacial score (nSPS) is 10.2. The molecule has 0 atom stereocenters. The number of aromatic nitrogens is 2. The highest BCUT2D eigenvalue weighted by molar-refractivity contribution is 6.08. The molecule has 0 spiro atoms. The van der Waals surface area contributed by atoms with Crippen molar-refractivity contribution >= 4 is 35.0 Å². The van der Waals surface area contributed by atoms with Crippen molar-refractivity contribution in [3.8, 4) is 0 Å².